The summed E-state index contributed by atoms with van der Waals surface area (Å²) in [5.74, 6) is 1.09. The minimum Gasteiger partial charge on any atom is -0.396 e. The van der Waals surface area contributed by atoms with Crippen LogP contribution in [0.1, 0.15) is 30.7 Å². The number of nitrogens with zero attached hydrogens (tertiary/aromatic N) is 2. The van der Waals surface area contributed by atoms with Crippen molar-refractivity contribution in [2.45, 2.75) is 25.4 Å². The van der Waals surface area contributed by atoms with Crippen molar-refractivity contribution in [1.29, 1.82) is 0 Å². The fraction of sp³-hybridized carbons (Fsp3) is 0.750. The van der Waals surface area contributed by atoms with E-state index in [1.807, 2.05) is 0 Å². The van der Waals surface area contributed by atoms with Gasteiger partial charge in [-0.15, -0.1) is 0 Å². The molecule has 1 aromatic rings. The number of ether oxygens (including phenoxy) is 1. The maximum absolute atomic E-state index is 8.64. The van der Waals surface area contributed by atoms with Gasteiger partial charge >= 0.3 is 0 Å². The summed E-state index contributed by atoms with van der Waals surface area (Å²) in [5.41, 5.74) is 0. The Labute approximate surface area is 75.7 Å². The van der Waals surface area contributed by atoms with E-state index >= 15 is 0 Å². The Morgan fingerprint density at radius 2 is 2.46 bits per heavy atom. The number of hydrogen-bond acceptors (Lipinski definition) is 5. The largest absolute Gasteiger partial charge is 0.396 e. The van der Waals surface area contributed by atoms with Gasteiger partial charge in [-0.3, -0.25) is 0 Å². The van der Waals surface area contributed by atoms with Crippen LogP contribution in [0.5, 0.6) is 0 Å². The van der Waals surface area contributed by atoms with Crippen LogP contribution < -0.4 is 0 Å². The predicted molar refractivity (Wildman–Crippen MR) is 43.0 cm³/mol. The minimum absolute atomic E-state index is 0.00353. The van der Waals surface area contributed by atoms with Gasteiger partial charge in [0.1, 0.15) is 6.10 Å². The molecule has 1 aromatic heterocycles. The third-order valence-electron chi connectivity index (χ3n) is 2.03. The molecule has 1 aliphatic rings. The van der Waals surface area contributed by atoms with E-state index in [0.717, 1.165) is 19.4 Å². The highest BCUT2D eigenvalue weighted by atomic mass is 16.5. The van der Waals surface area contributed by atoms with Crippen molar-refractivity contribution in [2.75, 3.05) is 13.2 Å². The molecule has 72 valence electrons. The smallest absolute Gasteiger partial charge is 0.229 e. The lowest BCUT2D eigenvalue weighted by Gasteiger charge is -2.00. The van der Waals surface area contributed by atoms with E-state index in [1.165, 1.54) is 0 Å². The predicted octanol–water partition coefficient (Wildman–Crippen LogP) is 0.456. The molecule has 0 amide bonds. The zero-order valence-electron chi connectivity index (χ0n) is 7.27. The van der Waals surface area contributed by atoms with Crippen LogP contribution in [0.15, 0.2) is 4.52 Å². The molecule has 0 spiro atoms. The Bertz CT molecular complexity index is 268. The Morgan fingerprint density at radius 1 is 1.54 bits per heavy atom. The van der Waals surface area contributed by atoms with Crippen molar-refractivity contribution in [3.63, 3.8) is 0 Å². The van der Waals surface area contributed by atoms with Crippen LogP contribution in [0.4, 0.5) is 0 Å². The Morgan fingerprint density at radius 3 is 3.15 bits per heavy atom. The monoisotopic (exact) mass is 184 g/mol. The number of aliphatic hydroxyl groups is 1. The first-order valence-electron chi connectivity index (χ1n) is 4.45. The topological polar surface area (TPSA) is 68.4 Å². The van der Waals surface area contributed by atoms with Crippen molar-refractivity contribution in [2.24, 2.45) is 0 Å². The molecular formula is C8H12N2O3. The maximum Gasteiger partial charge on any atom is 0.229 e. The van der Waals surface area contributed by atoms with Gasteiger partial charge in [-0.25, -0.2) is 0 Å². The summed E-state index contributed by atoms with van der Waals surface area (Å²) in [7, 11) is 0. The molecule has 0 radical (unpaired) electrons. The summed E-state index contributed by atoms with van der Waals surface area (Å²) in [4.78, 5) is 4.12. The molecule has 1 N–H and O–H groups in total. The van der Waals surface area contributed by atoms with Crippen LogP contribution in [-0.2, 0) is 11.2 Å². The van der Waals surface area contributed by atoms with Crippen LogP contribution in [0.25, 0.3) is 0 Å². The highest BCUT2D eigenvalue weighted by Gasteiger charge is 2.22. The van der Waals surface area contributed by atoms with Crippen molar-refractivity contribution in [1.82, 2.24) is 10.1 Å². The molecule has 0 aromatic carbocycles. The lowest BCUT2D eigenvalue weighted by Crippen LogP contribution is -1.98. The number of rotatable bonds is 3. The molecule has 1 saturated heterocycles. The Kier molecular flexibility index (Phi) is 2.56. The van der Waals surface area contributed by atoms with Crippen molar-refractivity contribution >= 4 is 0 Å². The normalized spacial score (nSPS) is 22.4. The molecule has 0 saturated carbocycles. The lowest BCUT2D eigenvalue weighted by atomic mass is 10.2. The van der Waals surface area contributed by atoms with Crippen LogP contribution in [-0.4, -0.2) is 28.5 Å². The van der Waals surface area contributed by atoms with Gasteiger partial charge < -0.3 is 14.4 Å². The molecule has 5 nitrogen and oxygen atoms in total. The second-order valence-electron chi connectivity index (χ2n) is 3.02. The van der Waals surface area contributed by atoms with Crippen LogP contribution in [0, 0.1) is 0 Å². The fourth-order valence-electron chi connectivity index (χ4n) is 1.38. The molecule has 1 unspecified atom stereocenters. The third-order valence-corrected chi connectivity index (χ3v) is 2.03. The Balaban J connectivity index is 2.03. The number of hydrogen-bond donors (Lipinski definition) is 1. The van der Waals surface area contributed by atoms with Crippen LogP contribution in [0.3, 0.4) is 0 Å². The summed E-state index contributed by atoms with van der Waals surface area (Å²) >= 11 is 0. The molecular weight excluding hydrogens is 172 g/mol. The highest BCUT2D eigenvalue weighted by molar-refractivity contribution is 4.93. The van der Waals surface area contributed by atoms with E-state index in [9.17, 15) is 0 Å². The third kappa shape index (κ3) is 1.87. The van der Waals surface area contributed by atoms with Gasteiger partial charge in [-0.2, -0.15) is 4.98 Å². The SMILES string of the molecule is OCCc1nc(C2CCCO2)no1. The van der Waals surface area contributed by atoms with Gasteiger partial charge in [0.05, 0.1) is 13.0 Å². The van der Waals surface area contributed by atoms with Gasteiger partial charge in [-0.05, 0) is 12.8 Å². The summed E-state index contributed by atoms with van der Waals surface area (Å²) in [6.07, 6.45) is 2.42. The van der Waals surface area contributed by atoms with Crippen molar-refractivity contribution < 1.29 is 14.4 Å². The average molecular weight is 184 g/mol. The lowest BCUT2D eigenvalue weighted by molar-refractivity contribution is 0.103. The van der Waals surface area contributed by atoms with E-state index in [2.05, 4.69) is 10.1 Å². The van der Waals surface area contributed by atoms with E-state index in [4.69, 9.17) is 14.4 Å². The van der Waals surface area contributed by atoms with E-state index in [1.54, 1.807) is 0 Å². The van der Waals surface area contributed by atoms with Crippen LogP contribution >= 0.6 is 0 Å². The standard InChI is InChI=1S/C8H12N2O3/c11-4-3-7-9-8(10-13-7)6-2-1-5-12-6/h6,11H,1-5H2. The molecule has 2 heterocycles. The summed E-state index contributed by atoms with van der Waals surface area (Å²) < 4.78 is 10.3. The first kappa shape index (κ1) is 8.65. The molecule has 5 heteroatoms. The summed E-state index contributed by atoms with van der Waals surface area (Å²) in [6, 6.07) is 0. The van der Waals surface area contributed by atoms with Gasteiger partial charge in [-0.1, -0.05) is 5.16 Å². The Hall–Kier alpha value is -0.940. The first-order valence-corrected chi connectivity index (χ1v) is 4.45. The molecule has 2 rings (SSSR count). The number of aliphatic hydroxyl groups excluding tert-OH is 1. The van der Waals surface area contributed by atoms with E-state index < -0.39 is 0 Å². The molecule has 13 heavy (non-hydrogen) atoms. The van der Waals surface area contributed by atoms with E-state index in [-0.39, 0.29) is 12.7 Å². The molecule has 1 fully saturated rings. The molecule has 0 bridgehead atoms. The molecule has 1 atom stereocenters. The molecule has 0 aliphatic carbocycles. The fourth-order valence-corrected chi connectivity index (χ4v) is 1.38. The zero-order valence-corrected chi connectivity index (χ0v) is 7.27. The second kappa shape index (κ2) is 3.85. The van der Waals surface area contributed by atoms with Gasteiger partial charge in [0.15, 0.2) is 0 Å². The number of aromatic nitrogens is 2. The van der Waals surface area contributed by atoms with Gasteiger partial charge in [0.25, 0.3) is 0 Å². The average Bonchev–Trinajstić information content (AvgIpc) is 2.70. The van der Waals surface area contributed by atoms with Crippen molar-refractivity contribution in [3.05, 3.63) is 11.7 Å². The van der Waals surface area contributed by atoms with Crippen LogP contribution in [0.2, 0.25) is 0 Å². The first-order chi connectivity index (χ1) is 6.40. The maximum atomic E-state index is 8.64. The summed E-state index contributed by atoms with van der Waals surface area (Å²) in [6.45, 7) is 0.807. The van der Waals surface area contributed by atoms with Crippen molar-refractivity contribution in [3.8, 4) is 0 Å². The second-order valence-corrected chi connectivity index (χ2v) is 3.02. The van der Waals surface area contributed by atoms with Gasteiger partial charge in [0, 0.05) is 6.61 Å². The minimum atomic E-state index is -0.00353. The summed E-state index contributed by atoms with van der Waals surface area (Å²) in [5, 5.41) is 12.4. The zero-order chi connectivity index (χ0) is 9.10. The quantitative estimate of drug-likeness (QED) is 0.738. The van der Waals surface area contributed by atoms with Gasteiger partial charge in [0.2, 0.25) is 11.7 Å². The molecule has 1 aliphatic heterocycles. The van der Waals surface area contributed by atoms with E-state index in [0.29, 0.717) is 18.1 Å². The highest BCUT2D eigenvalue weighted by Crippen LogP contribution is 2.25.